The van der Waals surface area contributed by atoms with E-state index in [2.05, 4.69) is 20.9 Å². The second kappa shape index (κ2) is 22.9. The fourth-order valence-corrected chi connectivity index (χ4v) is 5.52. The number of nitrogens with zero attached hydrogens (tertiary/aromatic N) is 1. The van der Waals surface area contributed by atoms with E-state index < -0.39 is 117 Å². The van der Waals surface area contributed by atoms with E-state index in [-0.39, 0.29) is 206 Å². The fourth-order valence-electron chi connectivity index (χ4n) is 3.76. The minimum Gasteiger partial charge on any atom is -0.716 e. The van der Waals surface area contributed by atoms with Gasteiger partial charge in [-0.05, 0) is 41.8 Å². The zero-order chi connectivity index (χ0) is 35.2. The van der Waals surface area contributed by atoms with Gasteiger partial charge in [-0.1, -0.05) is 0 Å². The van der Waals surface area contributed by atoms with E-state index in [1.807, 2.05) is 0 Å². The van der Waals surface area contributed by atoms with Crippen LogP contribution in [-0.4, -0.2) is 87.7 Å². The number of carbonyl (C=O) groups is 2. The van der Waals surface area contributed by atoms with Crippen molar-refractivity contribution in [3.8, 4) is 28.7 Å². The maximum atomic E-state index is 13.5. The first-order valence-electron chi connectivity index (χ1n) is 10.7. The molecular formula is C17H9NNa6O23S5. The first kappa shape index (κ1) is 60.6. The molecule has 1 aliphatic rings. The standard InChI is InChI=1S/C17H15NO23S5.6Na/c19-16(8-3-13(39-44(28,29)30)15(41-46(34,35)36)14(4-8)40-45(31,32)33)18-6-9-5-12(38-43(25,26)27)11(37-42(22,23)24)2-7(9)1-10(18)17(20)21;;;;;;/h2-5,10H,1,6H2,(H,20,21)(H,22,23,24)(H,25,26,27)(H,28,29,30)(H,31,32,33)(H,34,35,36);;;;;;/q;6*+1/p-6. The van der Waals surface area contributed by atoms with Crippen molar-refractivity contribution < 1.29 is 278 Å². The minimum absolute atomic E-state index is 0. The normalized spacial score (nSPS) is 13.9. The van der Waals surface area contributed by atoms with Crippen LogP contribution in [0.15, 0.2) is 24.3 Å². The van der Waals surface area contributed by atoms with Gasteiger partial charge in [0.05, 0.1) is 12.0 Å². The van der Waals surface area contributed by atoms with Gasteiger partial charge in [0.25, 0.3) is 57.9 Å². The molecule has 0 N–H and O–H groups in total. The number of rotatable bonds is 12. The molecule has 35 heteroatoms. The van der Waals surface area contributed by atoms with Gasteiger partial charge in [0.1, 0.15) is 0 Å². The zero-order valence-electron chi connectivity index (χ0n) is 27.2. The summed E-state index contributed by atoms with van der Waals surface area (Å²) >= 11 is 0. The molecule has 0 saturated carbocycles. The van der Waals surface area contributed by atoms with Crippen LogP contribution in [0.2, 0.25) is 0 Å². The van der Waals surface area contributed by atoms with Crippen LogP contribution in [0.25, 0.3) is 0 Å². The predicted molar refractivity (Wildman–Crippen MR) is 127 cm³/mol. The second-order valence-electron chi connectivity index (χ2n) is 8.30. The zero-order valence-corrected chi connectivity index (χ0v) is 43.3. The smallest absolute Gasteiger partial charge is 0.716 e. The van der Waals surface area contributed by atoms with E-state index in [1.54, 1.807) is 0 Å². The molecule has 24 nitrogen and oxygen atoms in total. The quantitative estimate of drug-likeness (QED) is 0.108. The molecule has 0 aliphatic carbocycles. The van der Waals surface area contributed by atoms with Crippen molar-refractivity contribution in [2.45, 2.75) is 19.0 Å². The van der Waals surface area contributed by atoms with E-state index in [0.717, 1.165) is 0 Å². The van der Waals surface area contributed by atoms with Gasteiger partial charge >= 0.3 is 177 Å². The van der Waals surface area contributed by atoms with Crippen molar-refractivity contribution in [2.24, 2.45) is 0 Å². The van der Waals surface area contributed by atoms with E-state index in [1.165, 1.54) is 0 Å². The molecule has 3 rings (SSSR count). The first-order chi connectivity index (χ1) is 20.6. The molecule has 52 heavy (non-hydrogen) atoms. The molecule has 0 radical (unpaired) electrons. The summed E-state index contributed by atoms with van der Waals surface area (Å²) in [5.41, 5.74) is -1.81. The summed E-state index contributed by atoms with van der Waals surface area (Å²) in [6.07, 6.45) is -0.894. The summed E-state index contributed by atoms with van der Waals surface area (Å²) in [7, 11) is -29.3. The molecule has 1 unspecified atom stereocenters. The number of carboxylic acid groups (broad SMARTS) is 1. The monoisotopic (exact) mass is 893 g/mol. The Balaban J connectivity index is -0.00000192. The van der Waals surface area contributed by atoms with E-state index in [9.17, 15) is 79.5 Å². The minimum atomic E-state index is -6.00. The van der Waals surface area contributed by atoms with Crippen molar-refractivity contribution in [2.75, 3.05) is 0 Å². The summed E-state index contributed by atoms with van der Waals surface area (Å²) in [6, 6.07) is -0.874. The summed E-state index contributed by atoms with van der Waals surface area (Å²) < 4.78 is 187. The van der Waals surface area contributed by atoms with Crippen molar-refractivity contribution >= 4 is 63.9 Å². The molecule has 1 heterocycles. The van der Waals surface area contributed by atoms with Crippen LogP contribution < -0.4 is 203 Å². The van der Waals surface area contributed by atoms with Crippen molar-refractivity contribution in [1.29, 1.82) is 0 Å². The Morgan fingerprint density at radius 2 is 0.865 bits per heavy atom. The van der Waals surface area contributed by atoms with Crippen LogP contribution >= 0.6 is 0 Å². The van der Waals surface area contributed by atoms with Crippen LogP contribution in [-0.2, 0) is 69.8 Å². The molecule has 0 fully saturated rings. The molecule has 0 aromatic heterocycles. The average Bonchev–Trinajstić information content (AvgIpc) is 2.80. The number of hydrogen-bond donors (Lipinski definition) is 0. The molecule has 0 spiro atoms. The summed E-state index contributed by atoms with van der Waals surface area (Å²) in [5.74, 6) is -11.6. The summed E-state index contributed by atoms with van der Waals surface area (Å²) in [5, 5.41) is 12.0. The Kier molecular flexibility index (Phi) is 26.7. The Labute approximate surface area is 427 Å². The van der Waals surface area contributed by atoms with Gasteiger partial charge in [-0.3, -0.25) is 4.79 Å². The summed E-state index contributed by atoms with van der Waals surface area (Å²) in [6.45, 7) is -1.01. The Bertz CT molecular complexity index is 2130. The first-order valence-corrected chi connectivity index (χ1v) is 17.4. The molecule has 256 valence electrons. The molecule has 2 aromatic rings. The van der Waals surface area contributed by atoms with Crippen LogP contribution in [0.3, 0.4) is 0 Å². The Hall–Kier alpha value is 1.93. The van der Waals surface area contributed by atoms with Gasteiger partial charge < -0.3 is 58.5 Å². The predicted octanol–water partition coefficient (Wildman–Crippen LogP) is -22.8. The maximum Gasteiger partial charge on any atom is 1.00 e. The third-order valence-corrected chi connectivity index (χ3v) is 7.06. The van der Waals surface area contributed by atoms with Gasteiger partial charge in [0.15, 0.2) is 23.0 Å². The van der Waals surface area contributed by atoms with Crippen molar-refractivity contribution in [1.82, 2.24) is 4.90 Å². The third-order valence-electron chi connectivity index (χ3n) is 5.15. The second-order valence-corrected chi connectivity index (χ2v) is 13.2. The Morgan fingerprint density at radius 3 is 1.19 bits per heavy atom. The van der Waals surface area contributed by atoms with Crippen LogP contribution in [0, 0.1) is 0 Å². The number of benzene rings is 2. The summed E-state index contributed by atoms with van der Waals surface area (Å²) in [4.78, 5) is 25.7. The van der Waals surface area contributed by atoms with Gasteiger partial charge in [-0.15, -0.1) is 0 Å². The van der Waals surface area contributed by atoms with Crippen molar-refractivity contribution in [3.63, 3.8) is 0 Å². The van der Waals surface area contributed by atoms with E-state index in [4.69, 9.17) is 0 Å². The van der Waals surface area contributed by atoms with Gasteiger partial charge in [0.2, 0.25) is 5.75 Å². The molecule has 2 aromatic carbocycles. The molecule has 0 bridgehead atoms. The Morgan fingerprint density at radius 1 is 0.538 bits per heavy atom. The molecule has 1 aliphatic heterocycles. The van der Waals surface area contributed by atoms with E-state index >= 15 is 0 Å². The number of amides is 1. The number of hydrogen-bond acceptors (Lipinski definition) is 23. The number of fused-ring (bicyclic) bond motifs is 1. The largest absolute Gasteiger partial charge is 1.00 e. The average molecular weight is 894 g/mol. The van der Waals surface area contributed by atoms with Gasteiger partial charge in [-0.2, -0.15) is 0 Å². The van der Waals surface area contributed by atoms with Crippen LogP contribution in [0.4, 0.5) is 0 Å². The topological polar surface area (TPSA) is 393 Å². The third kappa shape index (κ3) is 19.6. The SMILES string of the molecule is O=C([O-])C1Cc2cc(OS(=O)(=O)[O-])c(OS(=O)(=O)[O-])cc2CN1C(=O)c1cc(OS(=O)(=O)[O-])c(OS(=O)(=O)[O-])c(OS(=O)(=O)[O-])c1.[Na+].[Na+].[Na+].[Na+].[Na+].[Na+]. The molecule has 1 amide bonds. The van der Waals surface area contributed by atoms with Crippen LogP contribution in [0.5, 0.6) is 28.7 Å². The molecule has 0 saturated heterocycles. The molecular weight excluding hydrogens is 884 g/mol. The number of aliphatic carboxylic acids is 1. The van der Waals surface area contributed by atoms with Gasteiger partial charge in [0, 0.05) is 12.1 Å². The van der Waals surface area contributed by atoms with Crippen molar-refractivity contribution in [3.05, 3.63) is 41.0 Å². The molecule has 1 atom stereocenters. The number of carbonyl (C=O) groups excluding carboxylic acids is 2. The van der Waals surface area contributed by atoms with Gasteiger partial charge in [-0.25, -0.2) is 42.1 Å². The van der Waals surface area contributed by atoms with Crippen LogP contribution in [0.1, 0.15) is 21.5 Å². The fraction of sp³-hybridized carbons (Fsp3) is 0.176. The number of carboxylic acids is 1. The maximum absolute atomic E-state index is 13.5. The van der Waals surface area contributed by atoms with E-state index in [0.29, 0.717) is 12.1 Å².